The summed E-state index contributed by atoms with van der Waals surface area (Å²) in [6.07, 6.45) is 2.70. The molecule has 0 bridgehead atoms. The predicted molar refractivity (Wildman–Crippen MR) is 81.5 cm³/mol. The molecule has 0 saturated carbocycles. The van der Waals surface area contributed by atoms with Gasteiger partial charge >= 0.3 is 0 Å². The highest BCUT2D eigenvalue weighted by Gasteiger charge is 2.07. The Balaban J connectivity index is 2.12. The SMILES string of the molecule is CCCOc1ccc(CO)c(OCc2ncccc2C)c1. The van der Waals surface area contributed by atoms with Crippen LogP contribution in [-0.2, 0) is 13.2 Å². The molecule has 2 aromatic rings. The Labute approximate surface area is 125 Å². The van der Waals surface area contributed by atoms with Gasteiger partial charge in [0.05, 0.1) is 18.9 Å². The number of hydrogen-bond acceptors (Lipinski definition) is 4. The van der Waals surface area contributed by atoms with Crippen LogP contribution in [-0.4, -0.2) is 16.7 Å². The Morgan fingerprint density at radius 2 is 2.05 bits per heavy atom. The molecular weight excluding hydrogens is 266 g/mol. The molecule has 4 nitrogen and oxygen atoms in total. The van der Waals surface area contributed by atoms with E-state index in [1.807, 2.05) is 37.3 Å². The molecule has 4 heteroatoms. The summed E-state index contributed by atoms with van der Waals surface area (Å²) in [5.74, 6) is 1.39. The molecule has 0 spiro atoms. The molecule has 21 heavy (non-hydrogen) atoms. The second kappa shape index (κ2) is 7.64. The zero-order chi connectivity index (χ0) is 15.1. The van der Waals surface area contributed by atoms with E-state index < -0.39 is 0 Å². The van der Waals surface area contributed by atoms with E-state index in [-0.39, 0.29) is 6.61 Å². The molecule has 112 valence electrons. The van der Waals surface area contributed by atoms with E-state index in [1.54, 1.807) is 6.20 Å². The third-order valence-corrected chi connectivity index (χ3v) is 3.16. The summed E-state index contributed by atoms with van der Waals surface area (Å²) in [6.45, 7) is 5.03. The zero-order valence-corrected chi connectivity index (χ0v) is 12.5. The number of ether oxygens (including phenoxy) is 2. The minimum Gasteiger partial charge on any atom is -0.493 e. The second-order valence-corrected chi connectivity index (χ2v) is 4.83. The third kappa shape index (κ3) is 4.20. The van der Waals surface area contributed by atoms with Crippen molar-refractivity contribution in [2.45, 2.75) is 33.5 Å². The third-order valence-electron chi connectivity index (χ3n) is 3.16. The number of aliphatic hydroxyl groups is 1. The first kappa shape index (κ1) is 15.3. The maximum atomic E-state index is 9.40. The fraction of sp³-hybridized carbons (Fsp3) is 0.353. The van der Waals surface area contributed by atoms with Crippen molar-refractivity contribution in [3.05, 3.63) is 53.3 Å². The minimum absolute atomic E-state index is 0.0649. The number of nitrogens with zero attached hydrogens (tertiary/aromatic N) is 1. The molecule has 0 aliphatic heterocycles. The van der Waals surface area contributed by atoms with Gasteiger partial charge in [-0.1, -0.05) is 13.0 Å². The molecule has 1 aromatic heterocycles. The second-order valence-electron chi connectivity index (χ2n) is 4.83. The van der Waals surface area contributed by atoms with Crippen molar-refractivity contribution >= 4 is 0 Å². The van der Waals surface area contributed by atoms with Gasteiger partial charge < -0.3 is 14.6 Å². The Bertz CT molecular complexity index is 584. The number of aromatic nitrogens is 1. The molecule has 0 aliphatic rings. The lowest BCUT2D eigenvalue weighted by atomic mass is 10.2. The molecule has 1 N–H and O–H groups in total. The average Bonchev–Trinajstić information content (AvgIpc) is 2.52. The highest BCUT2D eigenvalue weighted by atomic mass is 16.5. The van der Waals surface area contributed by atoms with E-state index in [1.165, 1.54) is 0 Å². The maximum Gasteiger partial charge on any atom is 0.130 e. The molecule has 0 atom stereocenters. The number of aryl methyl sites for hydroxylation is 1. The Morgan fingerprint density at radius 3 is 2.76 bits per heavy atom. The predicted octanol–water partition coefficient (Wildman–Crippen LogP) is 3.25. The summed E-state index contributed by atoms with van der Waals surface area (Å²) < 4.78 is 11.4. The summed E-state index contributed by atoms with van der Waals surface area (Å²) >= 11 is 0. The normalized spacial score (nSPS) is 10.4. The Hall–Kier alpha value is -2.07. The van der Waals surface area contributed by atoms with E-state index in [9.17, 15) is 5.11 Å². The van der Waals surface area contributed by atoms with Gasteiger partial charge in [0.15, 0.2) is 0 Å². The molecule has 1 heterocycles. The first-order valence-electron chi connectivity index (χ1n) is 7.14. The smallest absolute Gasteiger partial charge is 0.130 e. The van der Waals surface area contributed by atoms with Crippen LogP contribution >= 0.6 is 0 Å². The molecule has 0 aliphatic carbocycles. The van der Waals surface area contributed by atoms with Gasteiger partial charge in [0.25, 0.3) is 0 Å². The molecule has 0 saturated heterocycles. The van der Waals surface area contributed by atoms with Crippen LogP contribution in [0.2, 0.25) is 0 Å². The van der Waals surface area contributed by atoms with Gasteiger partial charge in [0.2, 0.25) is 0 Å². The fourth-order valence-electron chi connectivity index (χ4n) is 1.93. The van der Waals surface area contributed by atoms with E-state index in [0.717, 1.165) is 29.0 Å². The van der Waals surface area contributed by atoms with Crippen LogP contribution < -0.4 is 9.47 Å². The Morgan fingerprint density at radius 1 is 1.19 bits per heavy atom. The van der Waals surface area contributed by atoms with Crippen molar-refractivity contribution in [1.82, 2.24) is 4.98 Å². The number of pyridine rings is 1. The molecule has 2 rings (SSSR count). The van der Waals surface area contributed by atoms with Gasteiger partial charge in [-0.15, -0.1) is 0 Å². The highest BCUT2D eigenvalue weighted by Crippen LogP contribution is 2.26. The summed E-state index contributed by atoms with van der Waals surface area (Å²) in [5, 5.41) is 9.40. The van der Waals surface area contributed by atoms with Crippen LogP contribution in [0.15, 0.2) is 36.5 Å². The van der Waals surface area contributed by atoms with Crippen LogP contribution in [0, 0.1) is 6.92 Å². The lowest BCUT2D eigenvalue weighted by Crippen LogP contribution is -2.03. The van der Waals surface area contributed by atoms with Gasteiger partial charge in [-0.3, -0.25) is 4.98 Å². The van der Waals surface area contributed by atoms with Crippen LogP contribution in [0.1, 0.15) is 30.2 Å². The first-order valence-corrected chi connectivity index (χ1v) is 7.14. The van der Waals surface area contributed by atoms with Crippen LogP contribution in [0.5, 0.6) is 11.5 Å². The Kier molecular flexibility index (Phi) is 5.58. The van der Waals surface area contributed by atoms with Crippen molar-refractivity contribution in [1.29, 1.82) is 0 Å². The molecule has 0 unspecified atom stereocenters. The van der Waals surface area contributed by atoms with E-state index in [0.29, 0.717) is 19.0 Å². The van der Waals surface area contributed by atoms with Gasteiger partial charge in [-0.25, -0.2) is 0 Å². The van der Waals surface area contributed by atoms with Gasteiger partial charge in [-0.2, -0.15) is 0 Å². The van der Waals surface area contributed by atoms with Crippen molar-refractivity contribution in [2.75, 3.05) is 6.61 Å². The number of benzene rings is 1. The highest BCUT2D eigenvalue weighted by molar-refractivity contribution is 5.40. The summed E-state index contributed by atoms with van der Waals surface area (Å²) in [5.41, 5.74) is 2.72. The quantitative estimate of drug-likeness (QED) is 0.849. The summed E-state index contributed by atoms with van der Waals surface area (Å²) in [6, 6.07) is 9.39. The molecule has 1 aromatic carbocycles. The fourth-order valence-corrected chi connectivity index (χ4v) is 1.93. The van der Waals surface area contributed by atoms with E-state index in [2.05, 4.69) is 11.9 Å². The summed E-state index contributed by atoms with van der Waals surface area (Å²) in [4.78, 5) is 4.30. The molecular formula is C17H21NO3. The van der Waals surface area contributed by atoms with Crippen molar-refractivity contribution in [2.24, 2.45) is 0 Å². The monoisotopic (exact) mass is 287 g/mol. The zero-order valence-electron chi connectivity index (χ0n) is 12.5. The standard InChI is InChI=1S/C17H21NO3/c1-3-9-20-15-7-6-14(11-19)17(10-15)21-12-16-13(2)5-4-8-18-16/h4-8,10,19H,3,9,11-12H2,1-2H3. The minimum atomic E-state index is -0.0649. The first-order chi connectivity index (χ1) is 10.2. The number of rotatable bonds is 7. The maximum absolute atomic E-state index is 9.40. The molecule has 0 fully saturated rings. The van der Waals surface area contributed by atoms with Crippen LogP contribution in [0.25, 0.3) is 0 Å². The van der Waals surface area contributed by atoms with Gasteiger partial charge in [-0.05, 0) is 37.1 Å². The summed E-state index contributed by atoms with van der Waals surface area (Å²) in [7, 11) is 0. The number of aliphatic hydroxyl groups excluding tert-OH is 1. The van der Waals surface area contributed by atoms with Crippen molar-refractivity contribution < 1.29 is 14.6 Å². The van der Waals surface area contributed by atoms with Crippen LogP contribution in [0.3, 0.4) is 0 Å². The van der Waals surface area contributed by atoms with E-state index in [4.69, 9.17) is 9.47 Å². The van der Waals surface area contributed by atoms with Crippen molar-refractivity contribution in [3.8, 4) is 11.5 Å². The van der Waals surface area contributed by atoms with Crippen molar-refractivity contribution in [3.63, 3.8) is 0 Å². The number of hydrogen-bond donors (Lipinski definition) is 1. The van der Waals surface area contributed by atoms with Gasteiger partial charge in [0.1, 0.15) is 18.1 Å². The average molecular weight is 287 g/mol. The van der Waals surface area contributed by atoms with Crippen LogP contribution in [0.4, 0.5) is 0 Å². The topological polar surface area (TPSA) is 51.6 Å². The lowest BCUT2D eigenvalue weighted by Gasteiger charge is -2.13. The lowest BCUT2D eigenvalue weighted by molar-refractivity contribution is 0.254. The molecule has 0 amide bonds. The van der Waals surface area contributed by atoms with Gasteiger partial charge in [0, 0.05) is 17.8 Å². The van der Waals surface area contributed by atoms with E-state index >= 15 is 0 Å². The largest absolute Gasteiger partial charge is 0.493 e. The molecule has 0 radical (unpaired) electrons.